The van der Waals surface area contributed by atoms with Crippen molar-refractivity contribution in [2.24, 2.45) is 0 Å². The van der Waals surface area contributed by atoms with Crippen molar-refractivity contribution in [1.82, 2.24) is 19.9 Å². The summed E-state index contributed by atoms with van der Waals surface area (Å²) in [7, 11) is 0. The Morgan fingerprint density at radius 1 is 0.842 bits per heavy atom. The number of rotatable bonds is 3. The molecular weight excluding hydrogens is 340 g/mol. The molecule has 0 radical (unpaired) electrons. The van der Waals surface area contributed by atoms with Crippen molar-refractivity contribution in [2.75, 3.05) is 0 Å². The molecule has 14 heteroatoms. The summed E-state index contributed by atoms with van der Waals surface area (Å²) in [5, 5.41) is 85.8. The standard InChI is InChI=1S/C5H7BrN4O9/c6-5-4(10(17,18)19)3(9(14,15)16)2(1-7-5)8(11,12)13/h1,11-12,14-15,17-18H. The third-order valence-electron chi connectivity index (χ3n) is 1.86. The van der Waals surface area contributed by atoms with E-state index in [4.69, 9.17) is 31.2 Å². The molecule has 6 N–H and O–H groups in total. The number of halogens is 1. The molecule has 0 aliphatic heterocycles. The Morgan fingerprint density at radius 3 is 1.58 bits per heavy atom. The average Bonchev–Trinajstić information content (AvgIpc) is 2.11. The molecule has 0 bridgehead atoms. The van der Waals surface area contributed by atoms with Crippen LogP contribution in [0.3, 0.4) is 0 Å². The number of hydrogen-bond acceptors (Lipinski definition) is 10. The second-order valence-corrected chi connectivity index (χ2v) is 4.01. The summed E-state index contributed by atoms with van der Waals surface area (Å²) in [6.45, 7) is 0. The average molecular weight is 347 g/mol. The van der Waals surface area contributed by atoms with Crippen LogP contribution in [0.5, 0.6) is 0 Å². The van der Waals surface area contributed by atoms with Gasteiger partial charge in [-0.15, -0.1) is 0 Å². The van der Waals surface area contributed by atoms with Crippen LogP contribution in [-0.2, 0) is 0 Å². The first kappa shape index (κ1) is 16.2. The van der Waals surface area contributed by atoms with Crippen molar-refractivity contribution in [3.05, 3.63) is 26.4 Å². The van der Waals surface area contributed by atoms with E-state index in [9.17, 15) is 15.6 Å². The van der Waals surface area contributed by atoms with Gasteiger partial charge in [0.25, 0.3) is 5.69 Å². The van der Waals surface area contributed by atoms with Crippen LogP contribution in [0.15, 0.2) is 10.8 Å². The van der Waals surface area contributed by atoms with Crippen LogP contribution in [0.2, 0.25) is 0 Å². The molecule has 0 fully saturated rings. The lowest BCUT2D eigenvalue weighted by atomic mass is 10.3. The molecule has 1 rings (SSSR count). The first-order valence-corrected chi connectivity index (χ1v) is 4.92. The highest BCUT2D eigenvalue weighted by Crippen LogP contribution is 2.45. The molecular formula is C5H7BrN4O9. The highest BCUT2D eigenvalue weighted by Gasteiger charge is 2.45. The topological polar surface area (TPSA) is 203 Å². The molecule has 1 aromatic heterocycles. The predicted octanol–water partition coefficient (Wildman–Crippen LogP) is 0.595. The largest absolute Gasteiger partial charge is 0.559 e. The van der Waals surface area contributed by atoms with Crippen LogP contribution in [0.4, 0.5) is 17.1 Å². The fraction of sp³-hybridized carbons (Fsp3) is 0. The fourth-order valence-corrected chi connectivity index (χ4v) is 1.74. The molecule has 0 aromatic carbocycles. The first-order valence-electron chi connectivity index (χ1n) is 4.13. The molecule has 1 heterocycles. The first-order chi connectivity index (χ1) is 8.26. The van der Waals surface area contributed by atoms with Crippen molar-refractivity contribution < 1.29 is 31.2 Å². The Labute approximate surface area is 111 Å². The van der Waals surface area contributed by atoms with Crippen LogP contribution in [0.25, 0.3) is 0 Å². The zero-order valence-corrected chi connectivity index (χ0v) is 10.2. The van der Waals surface area contributed by atoms with Gasteiger partial charge in [-0.05, 0) is 30.8 Å². The maximum Gasteiger partial charge on any atom is 0.340 e. The van der Waals surface area contributed by atoms with E-state index < -0.39 is 36.6 Å². The van der Waals surface area contributed by atoms with Crippen LogP contribution in [0, 0.1) is 15.6 Å². The Bertz CT molecular complexity index is 489. The minimum absolute atomic E-state index is 0.295. The van der Waals surface area contributed by atoms with Crippen LogP contribution in [0.1, 0.15) is 0 Å². The minimum atomic E-state index is -3.52. The molecule has 0 spiro atoms. The van der Waals surface area contributed by atoms with E-state index in [0.717, 1.165) is 0 Å². The maximum atomic E-state index is 11.1. The third kappa shape index (κ3) is 3.38. The maximum absolute atomic E-state index is 11.1. The number of pyridine rings is 1. The Kier molecular flexibility index (Phi) is 3.93. The van der Waals surface area contributed by atoms with Gasteiger partial charge in [0.05, 0.1) is 0 Å². The normalized spacial score (nSPS) is 13.8. The summed E-state index contributed by atoms with van der Waals surface area (Å²) in [6, 6.07) is 0. The van der Waals surface area contributed by atoms with Crippen LogP contribution in [-0.4, -0.2) is 36.2 Å². The molecule has 0 aliphatic rings. The SMILES string of the molecule is [O-][N+](O)(O)c1cnc(Br)c([N+]([O-])(O)O)c1[N+]([O-])(O)O. The number of quaternary nitrogens is 3. The lowest BCUT2D eigenvalue weighted by Crippen LogP contribution is -2.45. The summed E-state index contributed by atoms with van der Waals surface area (Å²) < 4.78 is -0.763. The smallest absolute Gasteiger partial charge is 0.340 e. The van der Waals surface area contributed by atoms with Crippen LogP contribution >= 0.6 is 15.9 Å². The van der Waals surface area contributed by atoms with Gasteiger partial charge in [0, 0.05) is 0 Å². The summed E-state index contributed by atoms with van der Waals surface area (Å²) in [5.41, 5.74) is -4.82. The molecule has 0 aliphatic carbocycles. The van der Waals surface area contributed by atoms with Crippen LogP contribution < -0.4 is 14.9 Å². The summed E-state index contributed by atoms with van der Waals surface area (Å²) in [4.78, 5) is -7.11. The molecule has 1 aromatic rings. The quantitative estimate of drug-likeness (QED) is 0.255. The zero-order valence-electron chi connectivity index (χ0n) is 8.65. The van der Waals surface area contributed by atoms with E-state index in [1.807, 2.05) is 0 Å². The Morgan fingerprint density at radius 2 is 1.26 bits per heavy atom. The third-order valence-corrected chi connectivity index (χ3v) is 2.44. The van der Waals surface area contributed by atoms with E-state index >= 15 is 0 Å². The van der Waals surface area contributed by atoms with Gasteiger partial charge in [0.1, 0.15) is 6.20 Å². The van der Waals surface area contributed by atoms with Gasteiger partial charge in [0.2, 0.25) is 0 Å². The van der Waals surface area contributed by atoms with Gasteiger partial charge in [0.15, 0.2) is 4.60 Å². The van der Waals surface area contributed by atoms with Gasteiger partial charge >= 0.3 is 11.4 Å². The number of aromatic nitrogens is 1. The molecule has 13 nitrogen and oxygen atoms in total. The van der Waals surface area contributed by atoms with Crippen molar-refractivity contribution in [3.8, 4) is 0 Å². The van der Waals surface area contributed by atoms with E-state index in [2.05, 4.69) is 20.9 Å². The molecule has 0 unspecified atom stereocenters. The van der Waals surface area contributed by atoms with Gasteiger partial charge in [-0.1, -0.05) is 0 Å². The summed E-state index contributed by atoms with van der Waals surface area (Å²) in [6.07, 6.45) is 0.295. The lowest BCUT2D eigenvalue weighted by molar-refractivity contribution is -0.278. The fourth-order valence-electron chi connectivity index (χ4n) is 1.22. The molecule has 0 amide bonds. The van der Waals surface area contributed by atoms with E-state index in [1.54, 1.807) is 0 Å². The Hall–Kier alpha value is -0.850. The van der Waals surface area contributed by atoms with Gasteiger partial charge in [-0.2, -0.15) is 31.2 Å². The summed E-state index contributed by atoms with van der Waals surface area (Å²) in [5.74, 6) is 0. The molecule has 0 atom stereocenters. The molecule has 0 saturated heterocycles. The molecule has 19 heavy (non-hydrogen) atoms. The van der Waals surface area contributed by atoms with Gasteiger partial charge < -0.3 is 15.6 Å². The molecule has 0 saturated carbocycles. The Balaban J connectivity index is 3.82. The van der Waals surface area contributed by atoms with Crippen molar-refractivity contribution >= 4 is 33.0 Å². The summed E-state index contributed by atoms with van der Waals surface area (Å²) >= 11 is 2.49. The number of nitrogens with zero attached hydrogens (tertiary/aromatic N) is 4. The highest BCUT2D eigenvalue weighted by atomic mass is 79.9. The second-order valence-electron chi connectivity index (χ2n) is 3.26. The highest BCUT2D eigenvalue weighted by molar-refractivity contribution is 9.10. The van der Waals surface area contributed by atoms with Crippen molar-refractivity contribution in [3.63, 3.8) is 0 Å². The van der Waals surface area contributed by atoms with E-state index in [-0.39, 0.29) is 0 Å². The van der Waals surface area contributed by atoms with Crippen molar-refractivity contribution in [1.29, 1.82) is 0 Å². The number of hydrogen-bond donors (Lipinski definition) is 6. The molecule has 108 valence electrons. The second kappa shape index (κ2) is 4.61. The predicted molar refractivity (Wildman–Crippen MR) is 58.1 cm³/mol. The monoisotopic (exact) mass is 346 g/mol. The minimum Gasteiger partial charge on any atom is -0.559 e. The van der Waals surface area contributed by atoms with Crippen molar-refractivity contribution in [2.45, 2.75) is 0 Å². The van der Waals surface area contributed by atoms with Gasteiger partial charge in [-0.3, -0.25) is 0 Å². The zero-order chi connectivity index (χ0) is 15.2. The van der Waals surface area contributed by atoms with Gasteiger partial charge in [-0.25, -0.2) is 4.98 Å². The van der Waals surface area contributed by atoms with E-state index in [1.165, 1.54) is 0 Å². The lowest BCUT2D eigenvalue weighted by Gasteiger charge is -2.32. The van der Waals surface area contributed by atoms with E-state index in [0.29, 0.717) is 6.20 Å².